The lowest BCUT2D eigenvalue weighted by Gasteiger charge is -2.19. The number of aliphatic carboxylic acids is 1. The molecule has 0 aromatic carbocycles. The number of carboxylic acids is 1. The monoisotopic (exact) mass is 290 g/mol. The molecular weight excluding hydrogens is 276 g/mol. The second kappa shape index (κ2) is 4.94. The normalized spacial score (nSPS) is 21.3. The molecule has 1 aromatic heterocycles. The number of nitrogens with zero attached hydrogens (tertiary/aromatic N) is 2. The van der Waals surface area contributed by atoms with E-state index in [1.807, 2.05) is 6.92 Å². The number of hydrogen-bond acceptors (Lipinski definition) is 5. The second-order valence-corrected chi connectivity index (χ2v) is 7.27. The third-order valence-corrected chi connectivity index (χ3v) is 6.37. The fourth-order valence-electron chi connectivity index (χ4n) is 1.97. The van der Waals surface area contributed by atoms with Crippen LogP contribution in [0.2, 0.25) is 0 Å². The Kier molecular flexibility index (Phi) is 3.69. The highest BCUT2D eigenvalue weighted by atomic mass is 32.2. The average Bonchev–Trinajstić information content (AvgIpc) is 2.98. The number of sulfonamides is 1. The van der Waals surface area contributed by atoms with Crippen LogP contribution in [0.1, 0.15) is 24.8 Å². The molecule has 1 aliphatic rings. The van der Waals surface area contributed by atoms with Crippen molar-refractivity contribution in [3.8, 4) is 0 Å². The fraction of sp³-hybridized carbons (Fsp3) is 0.600. The molecule has 1 N–H and O–H groups in total. The van der Waals surface area contributed by atoms with E-state index in [4.69, 9.17) is 5.11 Å². The van der Waals surface area contributed by atoms with Crippen LogP contribution in [0.5, 0.6) is 0 Å². The van der Waals surface area contributed by atoms with Crippen molar-refractivity contribution in [3.05, 3.63) is 11.2 Å². The van der Waals surface area contributed by atoms with Gasteiger partial charge in [-0.15, -0.1) is 11.3 Å². The van der Waals surface area contributed by atoms with Gasteiger partial charge in [0.25, 0.3) is 10.0 Å². The summed E-state index contributed by atoms with van der Waals surface area (Å²) >= 11 is 1.11. The predicted molar refractivity (Wildman–Crippen MR) is 66.0 cm³/mol. The molecule has 1 fully saturated rings. The van der Waals surface area contributed by atoms with Crippen molar-refractivity contribution in [1.82, 2.24) is 9.29 Å². The minimum absolute atomic E-state index is 0.132. The largest absolute Gasteiger partial charge is 0.480 e. The van der Waals surface area contributed by atoms with Crippen LogP contribution >= 0.6 is 11.3 Å². The third-order valence-electron chi connectivity index (χ3n) is 2.89. The van der Waals surface area contributed by atoms with Crippen molar-refractivity contribution in [2.24, 2.45) is 0 Å². The summed E-state index contributed by atoms with van der Waals surface area (Å²) in [5.41, 5.74) is 0. The lowest BCUT2D eigenvalue weighted by Crippen LogP contribution is -2.40. The van der Waals surface area contributed by atoms with Crippen LogP contribution < -0.4 is 0 Å². The Morgan fingerprint density at radius 2 is 2.39 bits per heavy atom. The van der Waals surface area contributed by atoms with Crippen molar-refractivity contribution in [2.75, 3.05) is 6.54 Å². The molecule has 1 aliphatic heterocycles. The van der Waals surface area contributed by atoms with Crippen molar-refractivity contribution in [1.29, 1.82) is 0 Å². The van der Waals surface area contributed by atoms with Crippen molar-refractivity contribution < 1.29 is 18.3 Å². The van der Waals surface area contributed by atoms with E-state index in [1.54, 1.807) is 0 Å². The first-order valence-corrected chi connectivity index (χ1v) is 7.92. The Hall–Kier alpha value is -0.990. The minimum atomic E-state index is -3.71. The predicted octanol–water partition coefficient (Wildman–Crippen LogP) is 0.943. The third kappa shape index (κ3) is 2.27. The van der Waals surface area contributed by atoms with Crippen LogP contribution in [-0.2, 0) is 21.2 Å². The number of aromatic nitrogens is 1. The smallest absolute Gasteiger partial charge is 0.322 e. The first-order valence-electron chi connectivity index (χ1n) is 5.66. The maximum atomic E-state index is 12.3. The first-order chi connectivity index (χ1) is 8.46. The zero-order chi connectivity index (χ0) is 13.3. The van der Waals surface area contributed by atoms with E-state index >= 15 is 0 Å². The Morgan fingerprint density at radius 3 is 2.94 bits per heavy atom. The number of rotatable bonds is 4. The number of carbonyl (C=O) groups is 1. The van der Waals surface area contributed by atoms with Gasteiger partial charge in [0, 0.05) is 6.54 Å². The SMILES string of the molecule is CCc1ncc(S(=O)(=O)N2CCC[C@@H]2C(=O)O)s1. The molecule has 2 heterocycles. The van der Waals surface area contributed by atoms with Crippen LogP contribution in [0.3, 0.4) is 0 Å². The summed E-state index contributed by atoms with van der Waals surface area (Å²) in [4.78, 5) is 15.0. The van der Waals surface area contributed by atoms with Gasteiger partial charge in [0.05, 0.1) is 11.2 Å². The molecule has 8 heteroatoms. The van der Waals surface area contributed by atoms with Gasteiger partial charge in [-0.25, -0.2) is 13.4 Å². The van der Waals surface area contributed by atoms with Crippen molar-refractivity contribution in [3.63, 3.8) is 0 Å². The van der Waals surface area contributed by atoms with Crippen LogP contribution in [0.15, 0.2) is 10.4 Å². The molecule has 0 aliphatic carbocycles. The standard InChI is InChI=1S/C10H14N2O4S2/c1-2-8-11-6-9(17-8)18(15,16)12-5-3-4-7(12)10(13)14/h6-7H,2-5H2,1H3,(H,13,14)/t7-/m1/s1. The van der Waals surface area contributed by atoms with Gasteiger partial charge < -0.3 is 5.11 Å². The van der Waals surface area contributed by atoms with Crippen molar-refractivity contribution >= 4 is 27.3 Å². The summed E-state index contributed by atoms with van der Waals surface area (Å²) in [5.74, 6) is -1.09. The summed E-state index contributed by atoms with van der Waals surface area (Å²) < 4.78 is 25.8. The Morgan fingerprint density at radius 1 is 1.67 bits per heavy atom. The van der Waals surface area contributed by atoms with Gasteiger partial charge in [-0.1, -0.05) is 6.92 Å². The van der Waals surface area contributed by atoms with Gasteiger partial charge in [-0.2, -0.15) is 4.31 Å². The summed E-state index contributed by atoms with van der Waals surface area (Å²) in [6, 6.07) is -0.942. The first kappa shape index (κ1) is 13.4. The number of aryl methyl sites for hydroxylation is 1. The fourth-order valence-corrected chi connectivity index (χ4v) is 4.87. The topological polar surface area (TPSA) is 87.6 Å². The Bertz CT molecular complexity index is 552. The quantitative estimate of drug-likeness (QED) is 0.891. The lowest BCUT2D eigenvalue weighted by molar-refractivity contribution is -0.140. The summed E-state index contributed by atoms with van der Waals surface area (Å²) in [6.07, 6.45) is 2.93. The van der Waals surface area contributed by atoms with Crippen molar-refractivity contribution in [2.45, 2.75) is 36.4 Å². The molecule has 0 bridgehead atoms. The highest BCUT2D eigenvalue weighted by Crippen LogP contribution is 2.29. The molecule has 1 atom stereocenters. The molecular formula is C10H14N2O4S2. The summed E-state index contributed by atoms with van der Waals surface area (Å²) in [6.45, 7) is 2.16. The van der Waals surface area contributed by atoms with Gasteiger partial charge in [0.2, 0.25) is 0 Å². The highest BCUT2D eigenvalue weighted by molar-refractivity contribution is 7.91. The summed E-state index contributed by atoms with van der Waals surface area (Å²) in [7, 11) is -3.71. The van der Waals surface area contributed by atoms with Gasteiger partial charge in [0.1, 0.15) is 6.04 Å². The molecule has 0 saturated carbocycles. The molecule has 0 radical (unpaired) electrons. The maximum Gasteiger partial charge on any atom is 0.322 e. The molecule has 18 heavy (non-hydrogen) atoms. The number of thiazole rings is 1. The zero-order valence-corrected chi connectivity index (χ0v) is 11.5. The molecule has 2 rings (SSSR count). The molecule has 0 unspecified atom stereocenters. The van der Waals surface area contributed by atoms with Gasteiger partial charge >= 0.3 is 5.97 Å². The van der Waals surface area contributed by atoms with E-state index in [0.29, 0.717) is 19.3 Å². The van der Waals surface area contributed by atoms with Crippen LogP contribution in [0, 0.1) is 0 Å². The van der Waals surface area contributed by atoms with Crippen LogP contribution in [0.4, 0.5) is 0 Å². The van der Waals surface area contributed by atoms with E-state index in [2.05, 4.69) is 4.98 Å². The molecule has 6 nitrogen and oxygen atoms in total. The summed E-state index contributed by atoms with van der Waals surface area (Å²) in [5, 5.41) is 9.76. The van der Waals surface area contributed by atoms with Gasteiger partial charge in [-0.05, 0) is 19.3 Å². The molecule has 0 amide bonds. The van der Waals surface area contributed by atoms with Gasteiger partial charge in [-0.3, -0.25) is 4.79 Å². The number of hydrogen-bond donors (Lipinski definition) is 1. The average molecular weight is 290 g/mol. The molecule has 1 saturated heterocycles. The molecule has 100 valence electrons. The van der Waals surface area contributed by atoms with E-state index < -0.39 is 22.0 Å². The van der Waals surface area contributed by atoms with E-state index in [-0.39, 0.29) is 10.8 Å². The second-order valence-electron chi connectivity index (χ2n) is 4.04. The van der Waals surface area contributed by atoms with E-state index in [9.17, 15) is 13.2 Å². The minimum Gasteiger partial charge on any atom is -0.480 e. The highest BCUT2D eigenvalue weighted by Gasteiger charge is 2.40. The Balaban J connectivity index is 2.33. The van der Waals surface area contributed by atoms with Crippen LogP contribution in [-0.4, -0.2) is 41.4 Å². The van der Waals surface area contributed by atoms with E-state index in [0.717, 1.165) is 20.6 Å². The maximum absolute atomic E-state index is 12.3. The van der Waals surface area contributed by atoms with E-state index in [1.165, 1.54) is 6.20 Å². The van der Waals surface area contributed by atoms with Gasteiger partial charge in [0.15, 0.2) is 4.21 Å². The van der Waals surface area contributed by atoms with Crippen LogP contribution in [0.25, 0.3) is 0 Å². The Labute approximate surface area is 109 Å². The lowest BCUT2D eigenvalue weighted by atomic mass is 10.2. The molecule has 1 aromatic rings. The zero-order valence-electron chi connectivity index (χ0n) is 9.87. The number of carboxylic acid groups (broad SMARTS) is 1. The molecule has 0 spiro atoms.